The second-order valence-corrected chi connectivity index (χ2v) is 7.40. The van der Waals surface area contributed by atoms with Crippen molar-refractivity contribution >= 4 is 17.8 Å². The Morgan fingerprint density at radius 3 is 2.54 bits per heavy atom. The van der Waals surface area contributed by atoms with Crippen LogP contribution in [0.3, 0.4) is 0 Å². The van der Waals surface area contributed by atoms with Crippen LogP contribution in [0, 0.1) is 6.92 Å². The van der Waals surface area contributed by atoms with Gasteiger partial charge in [-0.2, -0.15) is 0 Å². The monoisotopic (exact) mass is 377 g/mol. The molecule has 6 nitrogen and oxygen atoms in total. The van der Waals surface area contributed by atoms with E-state index in [9.17, 15) is 14.4 Å². The maximum Gasteiger partial charge on any atom is 0.327 e. The van der Waals surface area contributed by atoms with Gasteiger partial charge in [-0.15, -0.1) is 0 Å². The number of carbonyl (C=O) groups excluding carboxylic acids is 3. The van der Waals surface area contributed by atoms with Gasteiger partial charge >= 0.3 is 6.03 Å². The summed E-state index contributed by atoms with van der Waals surface area (Å²) in [6, 6.07) is 15.1. The zero-order valence-corrected chi connectivity index (χ0v) is 15.9. The first kappa shape index (κ1) is 18.2. The fourth-order valence-corrected chi connectivity index (χ4v) is 3.79. The van der Waals surface area contributed by atoms with E-state index in [0.29, 0.717) is 19.5 Å². The minimum atomic E-state index is -0.446. The predicted molar refractivity (Wildman–Crippen MR) is 104 cm³/mol. The molecule has 1 fully saturated rings. The van der Waals surface area contributed by atoms with Gasteiger partial charge in [-0.25, -0.2) is 4.79 Å². The molecule has 0 radical (unpaired) electrons. The summed E-state index contributed by atoms with van der Waals surface area (Å²) in [4.78, 5) is 40.4. The maximum atomic E-state index is 12.7. The lowest BCUT2D eigenvalue weighted by atomic mass is 9.95. The number of carbonyl (C=O) groups is 3. The average molecular weight is 377 g/mol. The number of imide groups is 1. The standard InChI is InChI=1S/C22H23N3O3/c1-15-6-8-16(9-7-15)13-23-20(26)10-11-24-21(27)19-12-17-4-2-3-5-18(17)14-25(19)22(24)28/h2-9,19H,10-14H2,1H3,(H,23,26)/t19-/m0/s1. The summed E-state index contributed by atoms with van der Waals surface area (Å²) in [6.07, 6.45) is 0.647. The van der Waals surface area contributed by atoms with Crippen molar-refractivity contribution in [1.82, 2.24) is 15.1 Å². The van der Waals surface area contributed by atoms with Gasteiger partial charge < -0.3 is 10.2 Å². The van der Waals surface area contributed by atoms with Crippen molar-refractivity contribution in [1.29, 1.82) is 0 Å². The molecule has 0 aromatic heterocycles. The molecule has 2 heterocycles. The third kappa shape index (κ3) is 3.50. The molecule has 6 heteroatoms. The SMILES string of the molecule is Cc1ccc(CNC(=O)CCN2C(=O)[C@@H]3Cc4ccccc4CN3C2=O)cc1. The summed E-state index contributed by atoms with van der Waals surface area (Å²) >= 11 is 0. The molecule has 1 N–H and O–H groups in total. The molecule has 0 saturated carbocycles. The minimum Gasteiger partial charge on any atom is -0.352 e. The predicted octanol–water partition coefficient (Wildman–Crippen LogP) is 2.39. The van der Waals surface area contributed by atoms with E-state index >= 15 is 0 Å². The Balaban J connectivity index is 1.33. The summed E-state index contributed by atoms with van der Waals surface area (Å²) < 4.78 is 0. The van der Waals surface area contributed by atoms with E-state index in [2.05, 4.69) is 5.32 Å². The Labute approximate surface area is 164 Å². The summed E-state index contributed by atoms with van der Waals surface area (Å²) in [7, 11) is 0. The molecule has 0 aliphatic carbocycles. The topological polar surface area (TPSA) is 69.7 Å². The number of benzene rings is 2. The molecule has 4 rings (SSSR count). The van der Waals surface area contributed by atoms with Crippen molar-refractivity contribution in [3.8, 4) is 0 Å². The van der Waals surface area contributed by atoms with Crippen molar-refractivity contribution < 1.29 is 14.4 Å². The lowest BCUT2D eigenvalue weighted by molar-refractivity contribution is -0.129. The largest absolute Gasteiger partial charge is 0.352 e. The number of aryl methyl sites for hydroxylation is 1. The lowest BCUT2D eigenvalue weighted by Crippen LogP contribution is -2.39. The van der Waals surface area contributed by atoms with Crippen molar-refractivity contribution in [2.24, 2.45) is 0 Å². The van der Waals surface area contributed by atoms with Crippen LogP contribution in [0.25, 0.3) is 0 Å². The molecular weight excluding hydrogens is 354 g/mol. The van der Waals surface area contributed by atoms with Gasteiger partial charge in [-0.3, -0.25) is 14.5 Å². The molecule has 0 spiro atoms. The van der Waals surface area contributed by atoms with Gasteiger partial charge in [0.25, 0.3) is 5.91 Å². The number of nitrogens with zero attached hydrogens (tertiary/aromatic N) is 2. The number of amides is 4. The first-order valence-electron chi connectivity index (χ1n) is 9.54. The lowest BCUT2D eigenvalue weighted by Gasteiger charge is -2.28. The van der Waals surface area contributed by atoms with Crippen LogP contribution >= 0.6 is 0 Å². The second-order valence-electron chi connectivity index (χ2n) is 7.40. The van der Waals surface area contributed by atoms with Gasteiger partial charge in [0.15, 0.2) is 0 Å². The fraction of sp³-hybridized carbons (Fsp3) is 0.318. The van der Waals surface area contributed by atoms with Crippen LogP contribution in [-0.2, 0) is 29.1 Å². The average Bonchev–Trinajstić information content (AvgIpc) is 2.94. The van der Waals surface area contributed by atoms with Crippen molar-refractivity contribution in [3.05, 3.63) is 70.8 Å². The molecule has 4 amide bonds. The highest BCUT2D eigenvalue weighted by molar-refractivity contribution is 6.04. The highest BCUT2D eigenvalue weighted by Gasteiger charge is 2.46. The Morgan fingerprint density at radius 2 is 1.79 bits per heavy atom. The first-order chi connectivity index (χ1) is 13.5. The van der Waals surface area contributed by atoms with Crippen LogP contribution < -0.4 is 5.32 Å². The molecule has 2 aliphatic rings. The van der Waals surface area contributed by atoms with E-state index in [-0.39, 0.29) is 30.8 Å². The third-order valence-electron chi connectivity index (χ3n) is 5.45. The minimum absolute atomic E-state index is 0.108. The normalized spacial score (nSPS) is 18.1. The van der Waals surface area contributed by atoms with E-state index in [1.165, 1.54) is 10.5 Å². The number of nitrogens with one attached hydrogen (secondary N) is 1. The number of hydrogen-bond acceptors (Lipinski definition) is 3. The van der Waals surface area contributed by atoms with Crippen LogP contribution in [-0.4, -0.2) is 40.2 Å². The van der Waals surface area contributed by atoms with Crippen LogP contribution in [0.4, 0.5) is 4.79 Å². The molecular formula is C22H23N3O3. The van der Waals surface area contributed by atoms with Crippen molar-refractivity contribution in [3.63, 3.8) is 0 Å². The van der Waals surface area contributed by atoms with E-state index in [1.807, 2.05) is 55.5 Å². The first-order valence-corrected chi connectivity index (χ1v) is 9.54. The van der Waals surface area contributed by atoms with Gasteiger partial charge in [0.1, 0.15) is 6.04 Å². The number of urea groups is 1. The molecule has 28 heavy (non-hydrogen) atoms. The molecule has 2 aromatic rings. The van der Waals surface area contributed by atoms with E-state index in [0.717, 1.165) is 16.7 Å². The molecule has 1 saturated heterocycles. The van der Waals surface area contributed by atoms with E-state index < -0.39 is 6.04 Å². The van der Waals surface area contributed by atoms with Gasteiger partial charge in [-0.05, 0) is 23.6 Å². The quantitative estimate of drug-likeness (QED) is 0.814. The molecule has 144 valence electrons. The molecule has 2 aliphatic heterocycles. The maximum absolute atomic E-state index is 12.7. The molecule has 0 unspecified atom stereocenters. The van der Waals surface area contributed by atoms with Crippen LogP contribution in [0.5, 0.6) is 0 Å². The smallest absolute Gasteiger partial charge is 0.327 e. The number of rotatable bonds is 5. The molecule has 2 aromatic carbocycles. The van der Waals surface area contributed by atoms with Crippen LogP contribution in [0.15, 0.2) is 48.5 Å². The summed E-state index contributed by atoms with van der Waals surface area (Å²) in [6.45, 7) is 3.01. The van der Waals surface area contributed by atoms with Crippen LogP contribution in [0.2, 0.25) is 0 Å². The van der Waals surface area contributed by atoms with E-state index in [1.54, 1.807) is 4.90 Å². The Morgan fingerprint density at radius 1 is 1.07 bits per heavy atom. The Bertz CT molecular complexity index is 880. The summed E-state index contributed by atoms with van der Waals surface area (Å²) in [5.41, 5.74) is 4.38. The zero-order valence-electron chi connectivity index (χ0n) is 15.9. The van der Waals surface area contributed by atoms with Gasteiger partial charge in [0, 0.05) is 32.5 Å². The van der Waals surface area contributed by atoms with E-state index in [4.69, 9.17) is 0 Å². The molecule has 1 atom stereocenters. The third-order valence-corrected chi connectivity index (χ3v) is 5.45. The molecule has 0 bridgehead atoms. The second kappa shape index (κ2) is 7.46. The number of hydrogen-bond donors (Lipinski definition) is 1. The summed E-state index contributed by atoms with van der Waals surface area (Å²) in [5.74, 6) is -0.375. The summed E-state index contributed by atoms with van der Waals surface area (Å²) in [5, 5.41) is 2.85. The highest BCUT2D eigenvalue weighted by Crippen LogP contribution is 2.29. The van der Waals surface area contributed by atoms with Gasteiger partial charge in [-0.1, -0.05) is 54.1 Å². The van der Waals surface area contributed by atoms with Crippen molar-refractivity contribution in [2.75, 3.05) is 6.54 Å². The van der Waals surface area contributed by atoms with Crippen LogP contribution in [0.1, 0.15) is 28.7 Å². The Hall–Kier alpha value is -3.15. The Kier molecular flexibility index (Phi) is 4.86. The zero-order chi connectivity index (χ0) is 19.7. The van der Waals surface area contributed by atoms with Crippen molar-refractivity contribution in [2.45, 2.75) is 38.9 Å². The van der Waals surface area contributed by atoms with Gasteiger partial charge in [0.05, 0.1) is 0 Å². The van der Waals surface area contributed by atoms with Gasteiger partial charge in [0.2, 0.25) is 5.91 Å². The highest BCUT2D eigenvalue weighted by atomic mass is 16.2. The number of fused-ring (bicyclic) bond motifs is 2. The fourth-order valence-electron chi connectivity index (χ4n) is 3.79.